The van der Waals surface area contributed by atoms with Crippen LogP contribution in [-0.4, -0.2) is 15.7 Å². The predicted octanol–water partition coefficient (Wildman–Crippen LogP) is 6.47. The molecule has 4 aromatic carbocycles. The lowest BCUT2D eigenvalue weighted by atomic mass is 9.77. The number of fused-ring (bicyclic) bond motifs is 1. The number of hydrogen-bond donors (Lipinski definition) is 2. The molecule has 1 unspecified atom stereocenters. The van der Waals surface area contributed by atoms with Crippen molar-refractivity contribution in [2.45, 2.75) is 49.8 Å². The number of hydrogen-bond acceptors (Lipinski definition) is 2. The number of benzene rings is 4. The Kier molecular flexibility index (Phi) is 6.56. The topological polar surface area (TPSA) is 0 Å². The molecule has 0 nitrogen and oxygen atoms in total. The summed E-state index contributed by atoms with van der Waals surface area (Å²) < 4.78 is 0. The van der Waals surface area contributed by atoms with Gasteiger partial charge in [-0.3, -0.25) is 0 Å². The molecule has 0 bridgehead atoms. The van der Waals surface area contributed by atoms with Gasteiger partial charge in [0.1, 0.15) is 15.7 Å². The van der Waals surface area contributed by atoms with Crippen LogP contribution in [-0.2, 0) is 0 Å². The first kappa shape index (κ1) is 23.1. The molecule has 0 spiro atoms. The fourth-order valence-electron chi connectivity index (χ4n) is 4.58. The Morgan fingerprint density at radius 2 is 1.53 bits per heavy atom. The molecule has 0 saturated carbocycles. The highest BCUT2D eigenvalue weighted by Crippen LogP contribution is 2.39. The SMILES string of the molecule is [B]c1c(C)c(-c2ccc(-c3c(C(C)CC)ccc4ccccc34)cc2C)c([B])c(S)c1S. The van der Waals surface area contributed by atoms with Gasteiger partial charge < -0.3 is 0 Å². The number of aryl methyl sites for hydroxylation is 1. The van der Waals surface area contributed by atoms with Gasteiger partial charge in [-0.1, -0.05) is 79.4 Å². The van der Waals surface area contributed by atoms with Crippen LogP contribution in [0.15, 0.2) is 64.4 Å². The van der Waals surface area contributed by atoms with Crippen molar-refractivity contribution in [1.82, 2.24) is 0 Å². The third kappa shape index (κ3) is 3.82. The van der Waals surface area contributed by atoms with E-state index >= 15 is 0 Å². The molecule has 4 rings (SSSR count). The van der Waals surface area contributed by atoms with Crippen molar-refractivity contribution in [3.8, 4) is 22.3 Å². The lowest BCUT2D eigenvalue weighted by Crippen LogP contribution is -2.22. The van der Waals surface area contributed by atoms with Crippen molar-refractivity contribution >= 4 is 62.6 Å². The van der Waals surface area contributed by atoms with Crippen LogP contribution < -0.4 is 10.9 Å². The van der Waals surface area contributed by atoms with Gasteiger partial charge in [0.15, 0.2) is 0 Å². The van der Waals surface area contributed by atoms with Crippen LogP contribution in [0.5, 0.6) is 0 Å². The van der Waals surface area contributed by atoms with Crippen LogP contribution in [0, 0.1) is 13.8 Å². The number of rotatable bonds is 4. The van der Waals surface area contributed by atoms with Crippen LogP contribution in [0.25, 0.3) is 33.0 Å². The largest absolute Gasteiger partial charge is 0.143 e. The van der Waals surface area contributed by atoms with E-state index in [1.54, 1.807) is 0 Å². The molecule has 0 aromatic heterocycles. The molecular formula is C28H26B2S2. The summed E-state index contributed by atoms with van der Waals surface area (Å²) in [6.07, 6.45) is 1.10. The van der Waals surface area contributed by atoms with Crippen LogP contribution in [0.4, 0.5) is 0 Å². The lowest BCUT2D eigenvalue weighted by molar-refractivity contribution is 0.736. The monoisotopic (exact) mass is 448 g/mol. The van der Waals surface area contributed by atoms with E-state index < -0.39 is 0 Å². The zero-order valence-electron chi connectivity index (χ0n) is 19.0. The Hall–Kier alpha value is -2.03. The van der Waals surface area contributed by atoms with Gasteiger partial charge in [0.05, 0.1) is 0 Å². The average Bonchev–Trinajstić information content (AvgIpc) is 2.81. The summed E-state index contributed by atoms with van der Waals surface area (Å²) in [6, 6.07) is 19.8. The second-order valence-corrected chi connectivity index (χ2v) is 9.51. The summed E-state index contributed by atoms with van der Waals surface area (Å²) in [4.78, 5) is 1.26. The van der Waals surface area contributed by atoms with Gasteiger partial charge >= 0.3 is 0 Å². The lowest BCUT2D eigenvalue weighted by Gasteiger charge is -2.22. The molecule has 0 saturated heterocycles. The van der Waals surface area contributed by atoms with E-state index in [1.807, 2.05) is 6.92 Å². The molecule has 1 atom stereocenters. The predicted molar refractivity (Wildman–Crippen MR) is 148 cm³/mol. The zero-order chi connectivity index (χ0) is 23.2. The Balaban J connectivity index is 1.96. The highest BCUT2D eigenvalue weighted by Gasteiger charge is 2.18. The van der Waals surface area contributed by atoms with Crippen LogP contribution in [0.2, 0.25) is 0 Å². The van der Waals surface area contributed by atoms with Crippen LogP contribution in [0.1, 0.15) is 42.9 Å². The molecule has 0 aliphatic carbocycles. The van der Waals surface area contributed by atoms with Crippen molar-refractivity contribution in [3.05, 3.63) is 71.3 Å². The first-order chi connectivity index (χ1) is 15.3. The zero-order valence-corrected chi connectivity index (χ0v) is 20.8. The molecule has 4 aromatic rings. The molecule has 4 heteroatoms. The Bertz CT molecular complexity index is 1310. The minimum Gasteiger partial charge on any atom is -0.143 e. The molecule has 0 fully saturated rings. The smallest absolute Gasteiger partial charge is 0.116 e. The third-order valence-electron chi connectivity index (χ3n) is 6.67. The quantitative estimate of drug-likeness (QED) is 0.260. The summed E-state index contributed by atoms with van der Waals surface area (Å²) in [7, 11) is 12.8. The Morgan fingerprint density at radius 1 is 0.844 bits per heavy atom. The molecule has 0 N–H and O–H groups in total. The third-order valence-corrected chi connectivity index (χ3v) is 7.78. The fraction of sp³-hybridized carbons (Fsp3) is 0.214. The van der Waals surface area contributed by atoms with Crippen molar-refractivity contribution in [3.63, 3.8) is 0 Å². The van der Waals surface area contributed by atoms with E-state index in [0.29, 0.717) is 26.6 Å². The summed E-state index contributed by atoms with van der Waals surface area (Å²) in [5, 5.41) is 2.54. The molecule has 4 radical (unpaired) electrons. The van der Waals surface area contributed by atoms with Crippen molar-refractivity contribution < 1.29 is 0 Å². The minimum atomic E-state index is 0.474. The summed E-state index contributed by atoms with van der Waals surface area (Å²) >= 11 is 9.06. The normalized spacial score (nSPS) is 12.3. The molecule has 0 aliphatic heterocycles. The molecule has 0 amide bonds. The summed E-state index contributed by atoms with van der Waals surface area (Å²) in [6.45, 7) is 8.67. The van der Waals surface area contributed by atoms with Gasteiger partial charge in [0, 0.05) is 9.79 Å². The molecule has 156 valence electrons. The standard InChI is InChI=1S/C28H26B2S2/c1-5-15(2)20-12-10-18-8-6-7-9-22(18)24(20)19-11-13-21(16(3)14-19)23-17(4)25(29)27(31)28(32)26(23)30/h6-15,31-32H,5H2,1-4H3. The van der Waals surface area contributed by atoms with Gasteiger partial charge in [-0.15, -0.1) is 25.3 Å². The molecule has 0 heterocycles. The maximum atomic E-state index is 6.48. The highest BCUT2D eigenvalue weighted by molar-refractivity contribution is 7.84. The maximum Gasteiger partial charge on any atom is 0.116 e. The Morgan fingerprint density at radius 3 is 2.22 bits per heavy atom. The van der Waals surface area contributed by atoms with Crippen molar-refractivity contribution in [2.24, 2.45) is 0 Å². The molecular weight excluding hydrogens is 422 g/mol. The van der Waals surface area contributed by atoms with Crippen LogP contribution in [0.3, 0.4) is 0 Å². The van der Waals surface area contributed by atoms with Gasteiger partial charge in [-0.2, -0.15) is 0 Å². The van der Waals surface area contributed by atoms with Crippen LogP contribution >= 0.6 is 25.3 Å². The average molecular weight is 448 g/mol. The highest BCUT2D eigenvalue weighted by atomic mass is 32.1. The van der Waals surface area contributed by atoms with E-state index in [2.05, 4.69) is 101 Å². The molecule has 32 heavy (non-hydrogen) atoms. The van der Waals surface area contributed by atoms with Gasteiger partial charge in [-0.05, 0) is 75.9 Å². The van der Waals surface area contributed by atoms with Gasteiger partial charge in [0.25, 0.3) is 0 Å². The van der Waals surface area contributed by atoms with Gasteiger partial charge in [0.2, 0.25) is 0 Å². The summed E-state index contributed by atoms with van der Waals surface area (Å²) in [5.41, 5.74) is 9.27. The molecule has 0 aliphatic rings. The fourth-order valence-corrected chi connectivity index (χ4v) is 5.10. The second-order valence-electron chi connectivity index (χ2n) is 8.61. The van der Waals surface area contributed by atoms with E-state index in [0.717, 1.165) is 28.7 Å². The number of thiol groups is 2. The maximum absolute atomic E-state index is 6.48. The van der Waals surface area contributed by atoms with E-state index in [9.17, 15) is 0 Å². The first-order valence-corrected chi connectivity index (χ1v) is 11.9. The van der Waals surface area contributed by atoms with Crippen molar-refractivity contribution in [1.29, 1.82) is 0 Å². The minimum absolute atomic E-state index is 0.474. The summed E-state index contributed by atoms with van der Waals surface area (Å²) in [5.74, 6) is 0.474. The van der Waals surface area contributed by atoms with Crippen molar-refractivity contribution in [2.75, 3.05) is 0 Å². The second kappa shape index (κ2) is 9.08. The van der Waals surface area contributed by atoms with E-state index in [1.165, 1.54) is 27.5 Å². The van der Waals surface area contributed by atoms with E-state index in [4.69, 9.17) is 15.7 Å². The van der Waals surface area contributed by atoms with E-state index in [-0.39, 0.29) is 0 Å². The Labute approximate surface area is 205 Å². The first-order valence-electron chi connectivity index (χ1n) is 11.0. The van der Waals surface area contributed by atoms with Gasteiger partial charge in [-0.25, -0.2) is 0 Å².